The third-order valence-electron chi connectivity index (χ3n) is 3.67. The van der Waals surface area contributed by atoms with Crippen LogP contribution in [0.15, 0.2) is 60.9 Å². The number of amides is 2. The maximum atomic E-state index is 14.2. The molecule has 1 heterocycles. The molecule has 2 amide bonds. The van der Waals surface area contributed by atoms with Gasteiger partial charge in [-0.15, -0.1) is 0 Å². The third kappa shape index (κ3) is 7.54. The van der Waals surface area contributed by atoms with Gasteiger partial charge in [-0.2, -0.15) is 0 Å². The summed E-state index contributed by atoms with van der Waals surface area (Å²) in [6.45, 7) is 0.350. The highest BCUT2D eigenvalue weighted by molar-refractivity contribution is 7.77. The number of carbonyl (C=O) groups is 1. The average molecular weight is 431 g/mol. The monoisotopic (exact) mass is 431 g/mol. The number of halogens is 1. The van der Waals surface area contributed by atoms with Crippen molar-refractivity contribution in [3.63, 3.8) is 0 Å². The first kappa shape index (κ1) is 22.9. The smallest absolute Gasteiger partial charge is 0.312 e. The fraction of sp³-hybridized carbons (Fsp3) is 0.105. The molecular formula is C19H20FN6O3S-. The molecule has 1 unspecified atom stereocenters. The van der Waals surface area contributed by atoms with E-state index in [4.69, 9.17) is 5.73 Å². The summed E-state index contributed by atoms with van der Waals surface area (Å²) in [5.41, 5.74) is 12.8. The van der Waals surface area contributed by atoms with Crippen molar-refractivity contribution >= 4 is 23.1 Å². The van der Waals surface area contributed by atoms with Gasteiger partial charge < -0.3 is 21.3 Å². The lowest BCUT2D eigenvalue weighted by molar-refractivity contribution is 0.249. The molecule has 0 aliphatic rings. The lowest BCUT2D eigenvalue weighted by Gasteiger charge is -2.06. The number of hydrogen-bond donors (Lipinski definition) is 4. The quantitative estimate of drug-likeness (QED) is 0.342. The Morgan fingerprint density at radius 2 is 1.80 bits per heavy atom. The zero-order valence-corrected chi connectivity index (χ0v) is 16.6. The fourth-order valence-electron chi connectivity index (χ4n) is 2.33. The van der Waals surface area contributed by atoms with Crippen LogP contribution in [0.25, 0.3) is 22.4 Å². The van der Waals surface area contributed by atoms with Crippen LogP contribution < -0.4 is 21.5 Å². The van der Waals surface area contributed by atoms with Crippen molar-refractivity contribution in [2.75, 3.05) is 18.8 Å². The highest BCUT2D eigenvalue weighted by atomic mass is 32.2. The Labute approximate surface area is 175 Å². The van der Waals surface area contributed by atoms with E-state index in [1.54, 1.807) is 6.07 Å². The molecule has 30 heavy (non-hydrogen) atoms. The maximum Gasteiger partial charge on any atom is 0.312 e. The first-order valence-electron chi connectivity index (χ1n) is 8.65. The Kier molecular flexibility index (Phi) is 8.81. The molecule has 0 aliphatic heterocycles. The molecule has 1 aromatic heterocycles. The number of nitrogens with zero attached hydrogens (tertiary/aromatic N) is 2. The van der Waals surface area contributed by atoms with Gasteiger partial charge in [0.05, 0.1) is 18.1 Å². The fourth-order valence-corrected chi connectivity index (χ4v) is 2.60. The van der Waals surface area contributed by atoms with Crippen molar-refractivity contribution in [2.24, 2.45) is 5.73 Å². The van der Waals surface area contributed by atoms with Crippen molar-refractivity contribution in [1.82, 2.24) is 20.0 Å². The summed E-state index contributed by atoms with van der Waals surface area (Å²) in [5, 5.41) is 2.20. The van der Waals surface area contributed by atoms with Crippen LogP contribution in [0.3, 0.4) is 0 Å². The second kappa shape index (κ2) is 11.6. The Bertz CT molecular complexity index is 973. The van der Waals surface area contributed by atoms with E-state index in [0.717, 1.165) is 11.1 Å². The highest BCUT2D eigenvalue weighted by Crippen LogP contribution is 2.26. The van der Waals surface area contributed by atoms with Crippen molar-refractivity contribution < 1.29 is 17.9 Å². The molecule has 11 heteroatoms. The van der Waals surface area contributed by atoms with Crippen LogP contribution in [0.5, 0.6) is 0 Å². The van der Waals surface area contributed by atoms with Crippen LogP contribution in [0.1, 0.15) is 0 Å². The van der Waals surface area contributed by atoms with Crippen LogP contribution in [-0.4, -0.2) is 37.9 Å². The summed E-state index contributed by atoms with van der Waals surface area (Å²) in [6.07, 6.45) is 2.88. The van der Waals surface area contributed by atoms with Gasteiger partial charge >= 0.3 is 6.03 Å². The van der Waals surface area contributed by atoms with Crippen LogP contribution in [-0.2, 0) is 11.3 Å². The zero-order valence-electron chi connectivity index (χ0n) is 15.7. The van der Waals surface area contributed by atoms with Crippen LogP contribution in [0.2, 0.25) is 0 Å². The molecule has 158 valence electrons. The van der Waals surface area contributed by atoms with E-state index in [2.05, 4.69) is 21.0 Å². The van der Waals surface area contributed by atoms with Crippen LogP contribution >= 0.6 is 0 Å². The number of primary amides is 1. The van der Waals surface area contributed by atoms with Gasteiger partial charge in [0.25, 0.3) is 0 Å². The molecule has 0 saturated carbocycles. The molecule has 1 atom stereocenters. The first-order chi connectivity index (χ1) is 14.4. The van der Waals surface area contributed by atoms with E-state index in [9.17, 15) is 17.9 Å². The molecule has 0 radical (unpaired) electrons. The molecule has 0 spiro atoms. The molecule has 3 aromatic rings. The predicted octanol–water partition coefficient (Wildman–Crippen LogP) is 1.57. The third-order valence-corrected chi connectivity index (χ3v) is 4.11. The van der Waals surface area contributed by atoms with Gasteiger partial charge in [-0.05, 0) is 23.3 Å². The summed E-state index contributed by atoms with van der Waals surface area (Å²) < 4.78 is 35.8. The number of hydrogen-bond acceptors (Lipinski definition) is 6. The van der Waals surface area contributed by atoms with E-state index in [-0.39, 0.29) is 18.9 Å². The minimum atomic E-state index is -2.27. The lowest BCUT2D eigenvalue weighted by atomic mass is 10.0. The summed E-state index contributed by atoms with van der Waals surface area (Å²) in [4.78, 5) is 18.0. The number of nitrogens with two attached hydrogens (primary N) is 2. The minimum Gasteiger partial charge on any atom is -0.760 e. The molecular weight excluding hydrogens is 411 g/mol. The second-order valence-electron chi connectivity index (χ2n) is 5.81. The number of urea groups is 1. The number of nitrogen functional groups attached to an aromatic ring is 1. The number of rotatable bonds is 6. The predicted molar refractivity (Wildman–Crippen MR) is 112 cm³/mol. The zero-order chi connectivity index (χ0) is 21.9. The first-order valence-corrected chi connectivity index (χ1v) is 9.73. The molecule has 3 rings (SSSR count). The average Bonchev–Trinajstić information content (AvgIpc) is 2.73. The van der Waals surface area contributed by atoms with Gasteiger partial charge in [0.1, 0.15) is 11.6 Å². The summed E-state index contributed by atoms with van der Waals surface area (Å²) in [5.74, 6) is -0.0134. The van der Waals surface area contributed by atoms with Crippen molar-refractivity contribution in [1.29, 1.82) is 0 Å². The Balaban J connectivity index is 0.000000274. The van der Waals surface area contributed by atoms with Gasteiger partial charge in [-0.1, -0.05) is 36.4 Å². The topological polar surface area (TPSA) is 159 Å². The second-order valence-corrected chi connectivity index (χ2v) is 6.57. The standard InChI is InChI=1S/C16H12FN3.C3H9N3O3S/c17-14-8-12(11-4-2-1-3-5-11)6-7-13(14)15-9-20-16(18)10-19-15;4-3(7)5-1-2-6-10(8)9/h1-10H,(H2,18,20);6H,1-2H2,(H,8,9)(H3,4,5,7)/p-1. The van der Waals surface area contributed by atoms with E-state index < -0.39 is 17.3 Å². The molecule has 0 aliphatic carbocycles. The number of anilines is 1. The number of nitrogens with one attached hydrogen (secondary N) is 2. The minimum absolute atomic E-state index is 0.152. The molecule has 0 bridgehead atoms. The maximum absolute atomic E-state index is 14.2. The van der Waals surface area contributed by atoms with E-state index in [1.165, 1.54) is 18.5 Å². The number of aromatic nitrogens is 2. The van der Waals surface area contributed by atoms with Gasteiger partial charge in [-0.25, -0.2) is 18.9 Å². The van der Waals surface area contributed by atoms with E-state index >= 15 is 0 Å². The number of carbonyl (C=O) groups excluding carboxylic acids is 1. The lowest BCUT2D eigenvalue weighted by Crippen LogP contribution is -2.35. The molecule has 6 N–H and O–H groups in total. The van der Waals surface area contributed by atoms with E-state index in [1.807, 2.05) is 41.1 Å². The molecule has 9 nitrogen and oxygen atoms in total. The normalized spacial score (nSPS) is 11.1. The Morgan fingerprint density at radius 1 is 1.07 bits per heavy atom. The highest BCUT2D eigenvalue weighted by Gasteiger charge is 2.08. The van der Waals surface area contributed by atoms with E-state index in [0.29, 0.717) is 17.1 Å². The largest absolute Gasteiger partial charge is 0.760 e. The molecule has 0 saturated heterocycles. The molecule has 0 fully saturated rings. The van der Waals surface area contributed by atoms with Gasteiger partial charge in [0.15, 0.2) is 0 Å². The summed E-state index contributed by atoms with van der Waals surface area (Å²) in [6, 6.07) is 14.1. The SMILES string of the molecule is NC(=O)NCCNS(=O)[O-].Nc1cnc(-c2ccc(-c3ccccc3)cc2F)cn1. The Hall–Kier alpha value is -3.41. The van der Waals surface area contributed by atoms with Gasteiger partial charge in [0, 0.05) is 29.9 Å². The number of benzene rings is 2. The van der Waals surface area contributed by atoms with Crippen molar-refractivity contribution in [2.45, 2.75) is 0 Å². The van der Waals surface area contributed by atoms with Crippen LogP contribution in [0.4, 0.5) is 15.0 Å². The summed E-state index contributed by atoms with van der Waals surface area (Å²) in [7, 11) is 0. The van der Waals surface area contributed by atoms with Crippen molar-refractivity contribution in [3.8, 4) is 22.4 Å². The van der Waals surface area contributed by atoms with Gasteiger partial charge in [0.2, 0.25) is 0 Å². The Morgan fingerprint density at radius 3 is 2.37 bits per heavy atom. The molecule has 2 aromatic carbocycles. The summed E-state index contributed by atoms with van der Waals surface area (Å²) >= 11 is -2.27. The van der Waals surface area contributed by atoms with Crippen LogP contribution in [0, 0.1) is 5.82 Å². The van der Waals surface area contributed by atoms with Crippen molar-refractivity contribution in [3.05, 3.63) is 66.7 Å². The van der Waals surface area contributed by atoms with Gasteiger partial charge in [-0.3, -0.25) is 9.19 Å².